The molecule has 0 aromatic carbocycles. The Morgan fingerprint density at radius 3 is 2.88 bits per heavy atom. The quantitative estimate of drug-likeness (QED) is 0.776. The lowest BCUT2D eigenvalue weighted by Crippen LogP contribution is -2.06. The Kier molecular flexibility index (Phi) is 3.84. The van der Waals surface area contributed by atoms with Gasteiger partial charge in [0, 0.05) is 38.6 Å². The molecule has 0 saturated heterocycles. The highest BCUT2D eigenvalue weighted by Crippen LogP contribution is 2.21. The molecule has 2 rings (SSSR count). The van der Waals surface area contributed by atoms with E-state index in [4.69, 9.17) is 0 Å². The number of rotatable bonds is 4. The third kappa shape index (κ3) is 3.07. The van der Waals surface area contributed by atoms with Crippen LogP contribution in [0.25, 0.3) is 0 Å². The van der Waals surface area contributed by atoms with Crippen molar-refractivity contribution in [3.05, 3.63) is 44.8 Å². The Hall–Kier alpha value is -0.870. The summed E-state index contributed by atoms with van der Waals surface area (Å²) in [6.07, 6.45) is 3.89. The Labute approximate surface area is 113 Å². The number of thiophene rings is 1. The third-order valence-electron chi connectivity index (χ3n) is 2.52. The van der Waals surface area contributed by atoms with E-state index in [9.17, 15) is 4.79 Å². The maximum absolute atomic E-state index is 11.8. The van der Waals surface area contributed by atoms with Crippen LogP contribution in [0.1, 0.15) is 29.1 Å². The third-order valence-corrected chi connectivity index (χ3v) is 4.20. The summed E-state index contributed by atoms with van der Waals surface area (Å²) in [4.78, 5) is 13.1. The highest BCUT2D eigenvalue weighted by molar-refractivity contribution is 9.10. The minimum absolute atomic E-state index is 0.0572. The smallest absolute Gasteiger partial charge is 0.166 e. The summed E-state index contributed by atoms with van der Waals surface area (Å²) >= 11 is 5.16. The van der Waals surface area contributed by atoms with Gasteiger partial charge in [-0.2, -0.15) is 0 Å². The molecule has 0 saturated carbocycles. The van der Waals surface area contributed by atoms with Gasteiger partial charge in [-0.15, -0.1) is 11.3 Å². The fourth-order valence-corrected chi connectivity index (χ4v) is 3.09. The minimum atomic E-state index is 0.0572. The molecule has 0 aliphatic rings. The van der Waals surface area contributed by atoms with Gasteiger partial charge in [-0.1, -0.05) is 13.8 Å². The van der Waals surface area contributed by atoms with Crippen molar-refractivity contribution in [3.8, 4) is 0 Å². The number of Topliss-reactive ketones (excluding diaryl/α,β-unsaturated/α-hetero) is 1. The monoisotopic (exact) mass is 311 g/mol. The average Bonchev–Trinajstić information content (AvgIpc) is 2.87. The summed E-state index contributed by atoms with van der Waals surface area (Å²) in [5, 5.41) is 2.07. The van der Waals surface area contributed by atoms with E-state index in [-0.39, 0.29) is 11.7 Å². The molecule has 0 bridgehead atoms. The van der Waals surface area contributed by atoms with Crippen LogP contribution in [0.15, 0.2) is 34.4 Å². The standard InChI is InChI=1S/C13H14BrNOS/c1-9(2)13(16)10-3-4-15(6-10)7-12-5-11(14)8-17-12/h3-6,8-9H,7H2,1-2H3. The van der Waals surface area contributed by atoms with E-state index in [2.05, 4.69) is 27.4 Å². The molecule has 0 N–H and O–H groups in total. The zero-order valence-electron chi connectivity index (χ0n) is 9.81. The fraction of sp³-hybridized carbons (Fsp3) is 0.308. The number of ketones is 1. The van der Waals surface area contributed by atoms with Gasteiger partial charge in [0.1, 0.15) is 0 Å². The van der Waals surface area contributed by atoms with Crippen LogP contribution in [0.4, 0.5) is 0 Å². The molecule has 0 radical (unpaired) electrons. The first kappa shape index (κ1) is 12.6. The molecule has 0 fully saturated rings. The van der Waals surface area contributed by atoms with E-state index in [0.29, 0.717) is 0 Å². The summed E-state index contributed by atoms with van der Waals surface area (Å²) < 4.78 is 3.16. The molecule has 0 aliphatic carbocycles. The highest BCUT2D eigenvalue weighted by atomic mass is 79.9. The first-order valence-electron chi connectivity index (χ1n) is 5.49. The lowest BCUT2D eigenvalue weighted by Gasteiger charge is -2.01. The van der Waals surface area contributed by atoms with Gasteiger partial charge in [0.2, 0.25) is 0 Å². The lowest BCUT2D eigenvalue weighted by atomic mass is 10.0. The largest absolute Gasteiger partial charge is 0.348 e. The molecule has 4 heteroatoms. The van der Waals surface area contributed by atoms with Crippen molar-refractivity contribution in [2.24, 2.45) is 5.92 Å². The molecule has 0 aliphatic heterocycles. The predicted octanol–water partition coefficient (Wildman–Crippen LogP) is 4.20. The van der Waals surface area contributed by atoms with E-state index >= 15 is 0 Å². The summed E-state index contributed by atoms with van der Waals surface area (Å²) in [5.74, 6) is 0.262. The predicted molar refractivity (Wildman–Crippen MR) is 74.7 cm³/mol. The molecule has 90 valence electrons. The zero-order chi connectivity index (χ0) is 12.4. The van der Waals surface area contributed by atoms with Crippen LogP contribution in [0.2, 0.25) is 0 Å². The minimum Gasteiger partial charge on any atom is -0.348 e. The zero-order valence-corrected chi connectivity index (χ0v) is 12.2. The van der Waals surface area contributed by atoms with Crippen molar-refractivity contribution in [1.82, 2.24) is 4.57 Å². The summed E-state index contributed by atoms with van der Waals surface area (Å²) in [6.45, 7) is 4.67. The first-order chi connectivity index (χ1) is 8.06. The van der Waals surface area contributed by atoms with Crippen LogP contribution >= 0.6 is 27.3 Å². The molecule has 2 nitrogen and oxygen atoms in total. The van der Waals surface area contributed by atoms with E-state index < -0.39 is 0 Å². The van der Waals surface area contributed by atoms with Crippen molar-refractivity contribution in [2.75, 3.05) is 0 Å². The number of hydrogen-bond acceptors (Lipinski definition) is 2. The van der Waals surface area contributed by atoms with Crippen molar-refractivity contribution < 1.29 is 4.79 Å². The Bertz CT molecular complexity index is 527. The topological polar surface area (TPSA) is 22.0 Å². The molecular weight excluding hydrogens is 298 g/mol. The molecule has 0 spiro atoms. The van der Waals surface area contributed by atoms with Crippen LogP contribution < -0.4 is 0 Å². The van der Waals surface area contributed by atoms with Crippen molar-refractivity contribution in [3.63, 3.8) is 0 Å². The Morgan fingerprint density at radius 1 is 1.53 bits per heavy atom. The van der Waals surface area contributed by atoms with Crippen LogP contribution in [-0.4, -0.2) is 10.4 Å². The summed E-state index contributed by atoms with van der Waals surface area (Å²) in [6, 6.07) is 4.00. The van der Waals surface area contributed by atoms with E-state index in [1.165, 1.54) is 4.88 Å². The molecule has 0 unspecified atom stereocenters. The number of carbonyl (C=O) groups is 1. The van der Waals surface area contributed by atoms with Gasteiger partial charge in [-0.3, -0.25) is 4.79 Å². The number of hydrogen-bond donors (Lipinski definition) is 0. The fourth-order valence-electron chi connectivity index (χ4n) is 1.63. The molecule has 0 amide bonds. The molecule has 0 atom stereocenters. The molecule has 17 heavy (non-hydrogen) atoms. The van der Waals surface area contributed by atoms with Gasteiger partial charge in [0.15, 0.2) is 5.78 Å². The average molecular weight is 312 g/mol. The number of halogens is 1. The van der Waals surface area contributed by atoms with Crippen LogP contribution in [0, 0.1) is 5.92 Å². The first-order valence-corrected chi connectivity index (χ1v) is 7.16. The van der Waals surface area contributed by atoms with Gasteiger partial charge < -0.3 is 4.57 Å². The Balaban J connectivity index is 2.11. The van der Waals surface area contributed by atoms with Crippen molar-refractivity contribution in [2.45, 2.75) is 20.4 Å². The molecule has 2 aromatic rings. The second-order valence-corrected chi connectivity index (χ2v) is 6.23. The number of carbonyl (C=O) groups excluding carboxylic acids is 1. The van der Waals surface area contributed by atoms with E-state index in [1.807, 2.05) is 36.9 Å². The number of aromatic nitrogens is 1. The lowest BCUT2D eigenvalue weighted by molar-refractivity contribution is 0.0939. The normalized spacial score (nSPS) is 11.1. The molecule has 2 heterocycles. The Morgan fingerprint density at radius 2 is 2.29 bits per heavy atom. The molecular formula is C13H14BrNOS. The van der Waals surface area contributed by atoms with Crippen LogP contribution in [0.5, 0.6) is 0 Å². The van der Waals surface area contributed by atoms with Crippen molar-refractivity contribution in [1.29, 1.82) is 0 Å². The maximum atomic E-state index is 11.8. The number of nitrogens with zero attached hydrogens (tertiary/aromatic N) is 1. The van der Waals surface area contributed by atoms with E-state index in [1.54, 1.807) is 11.3 Å². The van der Waals surface area contributed by atoms with Crippen molar-refractivity contribution >= 4 is 33.0 Å². The van der Waals surface area contributed by atoms with Crippen LogP contribution in [0.3, 0.4) is 0 Å². The second-order valence-electron chi connectivity index (χ2n) is 4.32. The second kappa shape index (κ2) is 5.19. The van der Waals surface area contributed by atoms with Gasteiger partial charge in [0.25, 0.3) is 0 Å². The summed E-state index contributed by atoms with van der Waals surface area (Å²) in [7, 11) is 0. The van der Waals surface area contributed by atoms with Crippen LogP contribution in [-0.2, 0) is 6.54 Å². The summed E-state index contributed by atoms with van der Waals surface area (Å²) in [5.41, 5.74) is 0.802. The van der Waals surface area contributed by atoms with Gasteiger partial charge in [-0.05, 0) is 28.1 Å². The van der Waals surface area contributed by atoms with Gasteiger partial charge >= 0.3 is 0 Å². The van der Waals surface area contributed by atoms with Gasteiger partial charge in [0.05, 0.1) is 6.54 Å². The SMILES string of the molecule is CC(C)C(=O)c1ccn(Cc2cc(Br)cs2)c1. The van der Waals surface area contributed by atoms with E-state index in [0.717, 1.165) is 16.6 Å². The maximum Gasteiger partial charge on any atom is 0.166 e. The highest BCUT2D eigenvalue weighted by Gasteiger charge is 2.11. The van der Waals surface area contributed by atoms with Gasteiger partial charge in [-0.25, -0.2) is 0 Å². The molecule has 2 aromatic heterocycles.